The molecule has 1 aromatic rings. The Morgan fingerprint density at radius 2 is 1.81 bits per heavy atom. The molecule has 16 heavy (non-hydrogen) atoms. The van der Waals surface area contributed by atoms with Gasteiger partial charge < -0.3 is 5.73 Å². The fraction of sp³-hybridized carbons (Fsp3) is 0.500. The van der Waals surface area contributed by atoms with E-state index in [1.165, 1.54) is 0 Å². The zero-order valence-electron chi connectivity index (χ0n) is 10.8. The average molecular weight is 219 g/mol. The second kappa shape index (κ2) is 4.38. The Kier molecular flexibility index (Phi) is 3.54. The van der Waals surface area contributed by atoms with Crippen LogP contribution in [0.15, 0.2) is 18.2 Å². The fourth-order valence-electron chi connectivity index (χ4n) is 1.58. The summed E-state index contributed by atoms with van der Waals surface area (Å²) in [7, 11) is 0. The molecule has 0 saturated heterocycles. The topological polar surface area (TPSA) is 43.1 Å². The summed E-state index contributed by atoms with van der Waals surface area (Å²) in [6.45, 7) is 9.94. The molecule has 0 aliphatic heterocycles. The van der Waals surface area contributed by atoms with E-state index in [9.17, 15) is 4.79 Å². The van der Waals surface area contributed by atoms with Crippen molar-refractivity contribution in [2.75, 3.05) is 0 Å². The van der Waals surface area contributed by atoms with E-state index in [1.54, 1.807) is 0 Å². The Morgan fingerprint density at radius 3 is 2.31 bits per heavy atom. The standard InChI is InChI=1S/C14H21NO/c1-9-7-6-8-11(10(9)2)12(16)13(15)14(3,4)5/h6-8,13H,15H2,1-5H3. The number of nitrogens with two attached hydrogens (primary N) is 1. The first-order chi connectivity index (χ1) is 7.25. The van der Waals surface area contributed by atoms with Gasteiger partial charge in [0.2, 0.25) is 0 Å². The van der Waals surface area contributed by atoms with Crippen molar-refractivity contribution < 1.29 is 4.79 Å². The SMILES string of the molecule is Cc1cccc(C(=O)C(N)C(C)(C)C)c1C. The van der Waals surface area contributed by atoms with Gasteiger partial charge >= 0.3 is 0 Å². The first-order valence-electron chi connectivity index (χ1n) is 5.61. The zero-order chi connectivity index (χ0) is 12.5. The van der Waals surface area contributed by atoms with Crippen LogP contribution in [0.1, 0.15) is 42.3 Å². The van der Waals surface area contributed by atoms with Gasteiger partial charge in [-0.2, -0.15) is 0 Å². The van der Waals surface area contributed by atoms with Gasteiger partial charge in [0.05, 0.1) is 6.04 Å². The predicted molar refractivity (Wildman–Crippen MR) is 67.7 cm³/mol. The van der Waals surface area contributed by atoms with Crippen LogP contribution >= 0.6 is 0 Å². The molecule has 0 spiro atoms. The van der Waals surface area contributed by atoms with Gasteiger partial charge in [0.15, 0.2) is 5.78 Å². The van der Waals surface area contributed by atoms with Crippen molar-refractivity contribution in [3.8, 4) is 0 Å². The number of hydrogen-bond acceptors (Lipinski definition) is 2. The first kappa shape index (κ1) is 12.9. The highest BCUT2D eigenvalue weighted by atomic mass is 16.1. The lowest BCUT2D eigenvalue weighted by Crippen LogP contribution is -2.42. The van der Waals surface area contributed by atoms with E-state index in [1.807, 2.05) is 52.8 Å². The number of rotatable bonds is 2. The van der Waals surface area contributed by atoms with Crippen LogP contribution < -0.4 is 5.73 Å². The summed E-state index contributed by atoms with van der Waals surface area (Å²) in [4.78, 5) is 12.2. The van der Waals surface area contributed by atoms with E-state index in [2.05, 4.69) is 0 Å². The summed E-state index contributed by atoms with van der Waals surface area (Å²) in [5.41, 5.74) is 8.71. The van der Waals surface area contributed by atoms with E-state index in [0.29, 0.717) is 0 Å². The minimum absolute atomic E-state index is 0.0358. The molecule has 88 valence electrons. The van der Waals surface area contributed by atoms with E-state index in [-0.39, 0.29) is 11.2 Å². The Balaban J connectivity index is 3.11. The summed E-state index contributed by atoms with van der Waals surface area (Å²) in [6, 6.07) is 5.32. The van der Waals surface area contributed by atoms with Crippen LogP contribution in [0, 0.1) is 19.3 Å². The molecule has 0 fully saturated rings. The van der Waals surface area contributed by atoms with Gasteiger partial charge in [-0.3, -0.25) is 4.79 Å². The molecule has 1 aromatic carbocycles. The van der Waals surface area contributed by atoms with Crippen LogP contribution in [0.25, 0.3) is 0 Å². The van der Waals surface area contributed by atoms with Gasteiger partial charge in [0.1, 0.15) is 0 Å². The molecule has 1 rings (SSSR count). The average Bonchev–Trinajstić information content (AvgIpc) is 2.18. The van der Waals surface area contributed by atoms with Crippen molar-refractivity contribution in [3.63, 3.8) is 0 Å². The molecule has 0 radical (unpaired) electrons. The molecule has 0 saturated carbocycles. The smallest absolute Gasteiger partial charge is 0.180 e. The highest BCUT2D eigenvalue weighted by molar-refractivity contribution is 6.01. The quantitative estimate of drug-likeness (QED) is 0.777. The maximum atomic E-state index is 12.2. The summed E-state index contributed by atoms with van der Waals surface area (Å²) < 4.78 is 0. The first-order valence-corrected chi connectivity index (χ1v) is 5.61. The minimum atomic E-state index is -0.451. The van der Waals surface area contributed by atoms with Crippen LogP contribution in [0.4, 0.5) is 0 Å². The number of Topliss-reactive ketones (excluding diaryl/α,β-unsaturated/α-hetero) is 1. The number of carbonyl (C=O) groups is 1. The number of carbonyl (C=O) groups excluding carboxylic acids is 1. The van der Waals surface area contributed by atoms with E-state index in [0.717, 1.165) is 16.7 Å². The molecule has 2 N–H and O–H groups in total. The zero-order valence-corrected chi connectivity index (χ0v) is 10.8. The third kappa shape index (κ3) is 2.50. The third-order valence-corrected chi connectivity index (χ3v) is 3.09. The summed E-state index contributed by atoms with van der Waals surface area (Å²) in [5.74, 6) is 0.0358. The van der Waals surface area contributed by atoms with Crippen LogP contribution in [0.5, 0.6) is 0 Å². The molecule has 1 atom stereocenters. The molecule has 0 amide bonds. The highest BCUT2D eigenvalue weighted by Crippen LogP contribution is 2.23. The van der Waals surface area contributed by atoms with Gasteiger partial charge in [-0.25, -0.2) is 0 Å². The van der Waals surface area contributed by atoms with Crippen molar-refractivity contribution in [1.29, 1.82) is 0 Å². The molecular weight excluding hydrogens is 198 g/mol. The minimum Gasteiger partial charge on any atom is -0.321 e. The second-order valence-electron chi connectivity index (χ2n) is 5.46. The Morgan fingerprint density at radius 1 is 1.25 bits per heavy atom. The predicted octanol–water partition coefficient (Wildman–Crippen LogP) is 2.86. The van der Waals surface area contributed by atoms with Crippen molar-refractivity contribution in [1.82, 2.24) is 0 Å². The van der Waals surface area contributed by atoms with Crippen molar-refractivity contribution >= 4 is 5.78 Å². The largest absolute Gasteiger partial charge is 0.321 e. The Labute approximate surface area is 97.9 Å². The fourth-order valence-corrected chi connectivity index (χ4v) is 1.58. The molecule has 0 aromatic heterocycles. The highest BCUT2D eigenvalue weighted by Gasteiger charge is 2.29. The second-order valence-corrected chi connectivity index (χ2v) is 5.46. The lowest BCUT2D eigenvalue weighted by molar-refractivity contribution is 0.0900. The molecule has 0 heterocycles. The van der Waals surface area contributed by atoms with Crippen LogP contribution in [0.2, 0.25) is 0 Å². The van der Waals surface area contributed by atoms with Crippen LogP contribution in [-0.2, 0) is 0 Å². The Hall–Kier alpha value is -1.15. The van der Waals surface area contributed by atoms with E-state index >= 15 is 0 Å². The molecular formula is C14H21NO. The molecule has 0 aliphatic rings. The third-order valence-electron chi connectivity index (χ3n) is 3.09. The molecule has 2 heteroatoms. The summed E-state index contributed by atoms with van der Waals surface area (Å²) >= 11 is 0. The monoisotopic (exact) mass is 219 g/mol. The normalized spacial score (nSPS) is 13.6. The van der Waals surface area contributed by atoms with E-state index in [4.69, 9.17) is 5.73 Å². The van der Waals surface area contributed by atoms with Crippen LogP contribution in [0.3, 0.4) is 0 Å². The number of benzene rings is 1. The molecule has 1 unspecified atom stereocenters. The van der Waals surface area contributed by atoms with Gasteiger partial charge in [-0.1, -0.05) is 39.0 Å². The van der Waals surface area contributed by atoms with E-state index < -0.39 is 6.04 Å². The van der Waals surface area contributed by atoms with Crippen molar-refractivity contribution in [2.24, 2.45) is 11.1 Å². The van der Waals surface area contributed by atoms with Crippen molar-refractivity contribution in [3.05, 3.63) is 34.9 Å². The lowest BCUT2D eigenvalue weighted by Gasteiger charge is -2.26. The number of hydrogen-bond donors (Lipinski definition) is 1. The molecule has 2 nitrogen and oxygen atoms in total. The van der Waals surface area contributed by atoms with Crippen molar-refractivity contribution in [2.45, 2.75) is 40.7 Å². The maximum Gasteiger partial charge on any atom is 0.180 e. The molecule has 0 bridgehead atoms. The maximum absolute atomic E-state index is 12.2. The van der Waals surface area contributed by atoms with Gasteiger partial charge in [0, 0.05) is 5.56 Å². The molecule has 0 aliphatic carbocycles. The number of ketones is 1. The number of aryl methyl sites for hydroxylation is 1. The van der Waals surface area contributed by atoms with Crippen LogP contribution in [-0.4, -0.2) is 11.8 Å². The van der Waals surface area contributed by atoms with Gasteiger partial charge in [0.25, 0.3) is 0 Å². The van der Waals surface area contributed by atoms with Gasteiger partial charge in [-0.15, -0.1) is 0 Å². The van der Waals surface area contributed by atoms with Gasteiger partial charge in [-0.05, 0) is 30.4 Å². The summed E-state index contributed by atoms with van der Waals surface area (Å²) in [5, 5.41) is 0. The lowest BCUT2D eigenvalue weighted by atomic mass is 9.82. The summed E-state index contributed by atoms with van der Waals surface area (Å²) in [6.07, 6.45) is 0. The Bertz CT molecular complexity index is 402.